The first-order valence-electron chi connectivity index (χ1n) is 11.1. The summed E-state index contributed by atoms with van der Waals surface area (Å²) in [5, 5.41) is 3.59. The van der Waals surface area contributed by atoms with Crippen LogP contribution in [0.3, 0.4) is 0 Å². The second-order valence-corrected chi connectivity index (χ2v) is 8.62. The largest absolute Gasteiger partial charge is 0.372 e. The summed E-state index contributed by atoms with van der Waals surface area (Å²) in [5.41, 5.74) is 2.58. The van der Waals surface area contributed by atoms with Crippen LogP contribution in [0.2, 0.25) is 0 Å². The Hall–Kier alpha value is -1.51. The van der Waals surface area contributed by atoms with Crippen LogP contribution in [0.1, 0.15) is 50.5 Å². The van der Waals surface area contributed by atoms with E-state index in [-0.39, 0.29) is 36.4 Å². The van der Waals surface area contributed by atoms with Crippen LogP contribution >= 0.6 is 24.0 Å². The third-order valence-electron chi connectivity index (χ3n) is 5.99. The molecule has 0 radical (unpaired) electrons. The number of carbonyl (C=O) groups excluding carboxylic acids is 1. The highest BCUT2D eigenvalue weighted by Gasteiger charge is 2.19. The summed E-state index contributed by atoms with van der Waals surface area (Å²) in [7, 11) is 5.60. The molecule has 1 amide bonds. The van der Waals surface area contributed by atoms with E-state index in [4.69, 9.17) is 0 Å². The Balaban J connectivity index is 0.00000320. The molecule has 0 atom stereocenters. The third-order valence-corrected chi connectivity index (χ3v) is 5.99. The second-order valence-electron chi connectivity index (χ2n) is 8.62. The first kappa shape index (κ1) is 24.8. The van der Waals surface area contributed by atoms with E-state index in [0.717, 1.165) is 12.5 Å². The monoisotopic (exact) mass is 527 g/mol. The number of piperidine rings is 1. The summed E-state index contributed by atoms with van der Waals surface area (Å²) >= 11 is 0. The average Bonchev–Trinajstić information content (AvgIpc) is 3.25. The van der Waals surface area contributed by atoms with E-state index in [1.165, 1.54) is 69.3 Å². The minimum absolute atomic E-state index is 0. The summed E-state index contributed by atoms with van der Waals surface area (Å²) in [4.78, 5) is 22.9. The number of hydrogen-bond acceptors (Lipinski definition) is 3. The van der Waals surface area contributed by atoms with Crippen LogP contribution in [-0.2, 0) is 11.3 Å². The predicted molar refractivity (Wildman–Crippen MR) is 136 cm³/mol. The van der Waals surface area contributed by atoms with Gasteiger partial charge in [-0.1, -0.05) is 25.0 Å². The summed E-state index contributed by atoms with van der Waals surface area (Å²) in [6.45, 7) is 3.29. The molecule has 0 aromatic heterocycles. The molecular formula is C23H38IN5O. The first-order chi connectivity index (χ1) is 14.0. The lowest BCUT2D eigenvalue weighted by molar-refractivity contribution is -0.127. The van der Waals surface area contributed by atoms with Crippen molar-refractivity contribution in [2.45, 2.75) is 57.5 Å². The number of amides is 1. The fourth-order valence-electron chi connectivity index (χ4n) is 4.13. The number of likely N-dealkylation sites (N-methyl/N-ethyl adjacent to an activating group) is 1. The Morgan fingerprint density at radius 1 is 1.03 bits per heavy atom. The Kier molecular flexibility index (Phi) is 10.2. The van der Waals surface area contributed by atoms with Crippen LogP contribution in [0.25, 0.3) is 0 Å². The van der Waals surface area contributed by atoms with Crippen molar-refractivity contribution in [1.29, 1.82) is 0 Å². The summed E-state index contributed by atoms with van der Waals surface area (Å²) < 4.78 is 0. The number of guanidine groups is 1. The van der Waals surface area contributed by atoms with Crippen molar-refractivity contribution in [3.8, 4) is 0 Å². The van der Waals surface area contributed by atoms with Gasteiger partial charge in [0.2, 0.25) is 5.91 Å². The molecule has 6 nitrogen and oxygen atoms in total. The Bertz CT molecular complexity index is 679. The lowest BCUT2D eigenvalue weighted by Gasteiger charge is -2.29. The zero-order valence-corrected chi connectivity index (χ0v) is 21.1. The number of benzene rings is 1. The maximum Gasteiger partial charge on any atom is 0.243 e. The van der Waals surface area contributed by atoms with Crippen molar-refractivity contribution < 1.29 is 4.79 Å². The molecule has 2 aliphatic rings. The fourth-order valence-corrected chi connectivity index (χ4v) is 4.13. The van der Waals surface area contributed by atoms with Crippen LogP contribution in [0.5, 0.6) is 0 Å². The molecule has 0 spiro atoms. The van der Waals surface area contributed by atoms with Gasteiger partial charge in [-0.05, 0) is 49.8 Å². The molecule has 1 aromatic carbocycles. The molecule has 1 heterocycles. The highest BCUT2D eigenvalue weighted by Crippen LogP contribution is 2.21. The van der Waals surface area contributed by atoms with Crippen molar-refractivity contribution >= 4 is 41.5 Å². The van der Waals surface area contributed by atoms with Crippen molar-refractivity contribution in [2.75, 3.05) is 45.7 Å². The van der Waals surface area contributed by atoms with Crippen molar-refractivity contribution in [1.82, 2.24) is 15.1 Å². The number of hydrogen-bond donors (Lipinski definition) is 1. The van der Waals surface area contributed by atoms with Crippen LogP contribution < -0.4 is 10.2 Å². The fraction of sp³-hybridized carbons (Fsp3) is 0.652. The molecule has 3 rings (SSSR count). The highest BCUT2D eigenvalue weighted by molar-refractivity contribution is 14.0. The number of nitrogens with zero attached hydrogens (tertiary/aromatic N) is 4. The van der Waals surface area contributed by atoms with E-state index in [1.807, 2.05) is 0 Å². The van der Waals surface area contributed by atoms with E-state index in [9.17, 15) is 4.79 Å². The van der Waals surface area contributed by atoms with E-state index in [0.29, 0.717) is 6.04 Å². The average molecular weight is 527 g/mol. The maximum absolute atomic E-state index is 12.0. The zero-order chi connectivity index (χ0) is 20.6. The van der Waals surface area contributed by atoms with E-state index >= 15 is 0 Å². The third kappa shape index (κ3) is 7.32. The molecule has 0 unspecified atom stereocenters. The molecule has 1 saturated carbocycles. The van der Waals surface area contributed by atoms with Gasteiger partial charge in [-0.2, -0.15) is 0 Å². The molecule has 1 aliphatic heterocycles. The van der Waals surface area contributed by atoms with Crippen molar-refractivity contribution in [2.24, 2.45) is 4.99 Å². The summed E-state index contributed by atoms with van der Waals surface area (Å²) in [6.07, 6.45) is 8.84. The minimum atomic E-state index is 0. The second kappa shape index (κ2) is 12.4. The normalized spacial score (nSPS) is 17.4. The number of aliphatic imine (C=N–C) groups is 1. The van der Waals surface area contributed by atoms with Gasteiger partial charge in [0.15, 0.2) is 5.96 Å². The van der Waals surface area contributed by atoms with Gasteiger partial charge >= 0.3 is 0 Å². The topological polar surface area (TPSA) is 51.2 Å². The quantitative estimate of drug-likeness (QED) is 0.348. The molecule has 7 heteroatoms. The SMILES string of the molecule is CN(C)C(=O)CN=C(NC1CCCC1)N(C)Cc1ccc(N2CCCCC2)cc1.I. The number of nitrogens with one attached hydrogen (secondary N) is 1. The van der Waals surface area contributed by atoms with E-state index in [1.54, 1.807) is 19.0 Å². The number of rotatable bonds is 6. The van der Waals surface area contributed by atoms with Crippen LogP contribution in [0.4, 0.5) is 5.69 Å². The van der Waals surface area contributed by atoms with Gasteiger partial charge < -0.3 is 20.0 Å². The molecule has 2 fully saturated rings. The molecule has 1 saturated heterocycles. The maximum atomic E-state index is 12.0. The Morgan fingerprint density at radius 2 is 1.67 bits per heavy atom. The number of carbonyl (C=O) groups is 1. The first-order valence-corrected chi connectivity index (χ1v) is 11.1. The van der Waals surface area contributed by atoms with Gasteiger partial charge in [-0.3, -0.25) is 4.79 Å². The van der Waals surface area contributed by atoms with Gasteiger partial charge in [0.05, 0.1) is 0 Å². The lowest BCUT2D eigenvalue weighted by Crippen LogP contribution is -2.43. The molecule has 168 valence electrons. The minimum Gasteiger partial charge on any atom is -0.372 e. The van der Waals surface area contributed by atoms with Gasteiger partial charge in [0.1, 0.15) is 6.54 Å². The van der Waals surface area contributed by atoms with Crippen LogP contribution in [0.15, 0.2) is 29.3 Å². The van der Waals surface area contributed by atoms with Crippen LogP contribution in [0, 0.1) is 0 Å². The van der Waals surface area contributed by atoms with Crippen LogP contribution in [-0.4, -0.2) is 68.5 Å². The van der Waals surface area contributed by atoms with Crippen molar-refractivity contribution in [3.05, 3.63) is 29.8 Å². The number of anilines is 1. The summed E-state index contributed by atoms with van der Waals surface area (Å²) in [5.74, 6) is 0.849. The Labute approximate surface area is 199 Å². The zero-order valence-electron chi connectivity index (χ0n) is 18.8. The van der Waals surface area contributed by atoms with Gasteiger partial charge in [0.25, 0.3) is 0 Å². The molecule has 0 bridgehead atoms. The van der Waals surface area contributed by atoms with Crippen molar-refractivity contribution in [3.63, 3.8) is 0 Å². The summed E-state index contributed by atoms with van der Waals surface area (Å²) in [6, 6.07) is 9.39. The number of halogens is 1. The highest BCUT2D eigenvalue weighted by atomic mass is 127. The van der Waals surface area contributed by atoms with Gasteiger partial charge in [0, 0.05) is 52.5 Å². The predicted octanol–water partition coefficient (Wildman–Crippen LogP) is 3.70. The standard InChI is InChI=1S/C23H37N5O.HI/c1-26(2)22(29)17-24-23(25-20-9-5-6-10-20)27(3)18-19-11-13-21(14-12-19)28-15-7-4-8-16-28;/h11-14,20H,4-10,15-18H2,1-3H3,(H,24,25);1H. The molecular weight excluding hydrogens is 489 g/mol. The van der Waals surface area contributed by atoms with Gasteiger partial charge in [-0.15, -0.1) is 24.0 Å². The Morgan fingerprint density at radius 3 is 2.27 bits per heavy atom. The smallest absolute Gasteiger partial charge is 0.243 e. The van der Waals surface area contributed by atoms with Gasteiger partial charge in [-0.25, -0.2) is 4.99 Å². The molecule has 1 aliphatic carbocycles. The van der Waals surface area contributed by atoms with E-state index in [2.05, 4.69) is 51.4 Å². The molecule has 1 N–H and O–H groups in total. The van der Waals surface area contributed by atoms with E-state index < -0.39 is 0 Å². The molecule has 1 aromatic rings. The lowest BCUT2D eigenvalue weighted by atomic mass is 10.1. The molecule has 30 heavy (non-hydrogen) atoms.